The molecule has 1 aliphatic rings. The molecule has 1 N–H and O–H groups in total. The van der Waals surface area contributed by atoms with E-state index >= 15 is 0 Å². The molecule has 0 aliphatic carbocycles. The summed E-state index contributed by atoms with van der Waals surface area (Å²) in [5.74, 6) is 0.201. The topological polar surface area (TPSA) is 53.7 Å². The minimum Gasteiger partial charge on any atom is -0.481 e. The third-order valence-electron chi connectivity index (χ3n) is 4.02. The van der Waals surface area contributed by atoms with Crippen molar-refractivity contribution in [2.45, 2.75) is 19.4 Å². The molecule has 22 heavy (non-hydrogen) atoms. The molecule has 116 valence electrons. The van der Waals surface area contributed by atoms with E-state index in [0.29, 0.717) is 18.8 Å². The Labute approximate surface area is 128 Å². The molecular weight excluding hydrogens is 285 g/mol. The second-order valence-corrected chi connectivity index (χ2v) is 5.69. The largest absolute Gasteiger partial charge is 0.481 e. The molecule has 0 radical (unpaired) electrons. The Morgan fingerprint density at radius 2 is 2.05 bits per heavy atom. The Hall–Kier alpha value is -2.14. The minimum atomic E-state index is -0.726. The summed E-state index contributed by atoms with van der Waals surface area (Å²) in [6.45, 7) is 2.04. The molecule has 2 aromatic rings. The molecule has 3 rings (SSSR count). The van der Waals surface area contributed by atoms with Gasteiger partial charge in [0.25, 0.3) is 0 Å². The minimum absolute atomic E-state index is 0.274. The number of piperidine rings is 1. The summed E-state index contributed by atoms with van der Waals surface area (Å²) in [5.41, 5.74) is 0.828. The molecule has 2 heterocycles. The van der Waals surface area contributed by atoms with Gasteiger partial charge in [-0.2, -0.15) is 0 Å². The maximum absolute atomic E-state index is 12.9. The van der Waals surface area contributed by atoms with Crippen LogP contribution >= 0.6 is 0 Å². The molecule has 1 atom stereocenters. The van der Waals surface area contributed by atoms with E-state index < -0.39 is 5.97 Å². The number of carboxylic acid groups (broad SMARTS) is 1. The van der Waals surface area contributed by atoms with Gasteiger partial charge in [-0.05, 0) is 55.8 Å². The van der Waals surface area contributed by atoms with Crippen LogP contribution < -0.4 is 0 Å². The first kappa shape index (κ1) is 14.8. The smallest absolute Gasteiger partial charge is 0.307 e. The monoisotopic (exact) mass is 303 g/mol. The molecule has 1 aromatic carbocycles. The number of aliphatic carboxylic acids is 1. The molecule has 5 heteroatoms. The summed E-state index contributed by atoms with van der Waals surface area (Å²) in [5, 5.41) is 9.12. The number of halogens is 1. The highest BCUT2D eigenvalue weighted by atomic mass is 19.1. The molecule has 1 saturated heterocycles. The van der Waals surface area contributed by atoms with Gasteiger partial charge in [-0.3, -0.25) is 9.69 Å². The summed E-state index contributed by atoms with van der Waals surface area (Å²) in [6.07, 6.45) is 1.63. The lowest BCUT2D eigenvalue weighted by molar-refractivity contribution is -0.143. The van der Waals surface area contributed by atoms with Crippen molar-refractivity contribution < 1.29 is 18.7 Å². The fraction of sp³-hybridized carbons (Fsp3) is 0.353. The Kier molecular flexibility index (Phi) is 4.24. The Bertz CT molecular complexity index is 650. The number of carboxylic acids is 1. The maximum atomic E-state index is 12.9. The SMILES string of the molecule is O=C(O)C1CCCN(Cc2ccc(-c3ccc(F)cc3)o2)C1. The fourth-order valence-corrected chi connectivity index (χ4v) is 2.85. The zero-order valence-electron chi connectivity index (χ0n) is 12.2. The second kappa shape index (κ2) is 6.32. The van der Waals surface area contributed by atoms with E-state index in [-0.39, 0.29) is 11.7 Å². The fourth-order valence-electron chi connectivity index (χ4n) is 2.85. The van der Waals surface area contributed by atoms with Crippen LogP contribution in [0.5, 0.6) is 0 Å². The standard InChI is InChI=1S/C17H18FNO3/c18-14-5-3-12(4-6-14)16-8-7-15(22-16)11-19-9-1-2-13(10-19)17(20)21/h3-8,13H,1-2,9-11H2,(H,20,21). The number of rotatable bonds is 4. The van der Waals surface area contributed by atoms with Crippen molar-refractivity contribution in [1.82, 2.24) is 4.90 Å². The summed E-state index contributed by atoms with van der Waals surface area (Å²) >= 11 is 0. The predicted octanol–water partition coefficient (Wildman–Crippen LogP) is 3.38. The maximum Gasteiger partial charge on any atom is 0.307 e. The normalized spacial score (nSPS) is 19.2. The van der Waals surface area contributed by atoms with Gasteiger partial charge in [-0.15, -0.1) is 0 Å². The number of likely N-dealkylation sites (tertiary alicyclic amines) is 1. The average molecular weight is 303 g/mol. The van der Waals surface area contributed by atoms with Crippen molar-refractivity contribution in [2.75, 3.05) is 13.1 Å². The third kappa shape index (κ3) is 3.36. The van der Waals surface area contributed by atoms with Crippen LogP contribution in [0.1, 0.15) is 18.6 Å². The quantitative estimate of drug-likeness (QED) is 0.940. The van der Waals surface area contributed by atoms with Gasteiger partial charge in [-0.25, -0.2) is 4.39 Å². The molecular formula is C17H18FNO3. The molecule has 1 aromatic heterocycles. The lowest BCUT2D eigenvalue weighted by Crippen LogP contribution is -2.38. The zero-order chi connectivity index (χ0) is 15.5. The van der Waals surface area contributed by atoms with Crippen molar-refractivity contribution in [3.05, 3.63) is 48.0 Å². The average Bonchev–Trinajstić information content (AvgIpc) is 2.96. The molecule has 4 nitrogen and oxygen atoms in total. The third-order valence-corrected chi connectivity index (χ3v) is 4.02. The summed E-state index contributed by atoms with van der Waals surface area (Å²) in [6, 6.07) is 9.92. The van der Waals surface area contributed by atoms with Gasteiger partial charge in [0.05, 0.1) is 12.5 Å². The van der Waals surface area contributed by atoms with Crippen LogP contribution in [0.2, 0.25) is 0 Å². The first-order chi connectivity index (χ1) is 10.6. The summed E-state index contributed by atoms with van der Waals surface area (Å²) < 4.78 is 18.7. The highest BCUT2D eigenvalue weighted by Gasteiger charge is 2.25. The van der Waals surface area contributed by atoms with Gasteiger partial charge in [-0.1, -0.05) is 0 Å². The zero-order valence-corrected chi connectivity index (χ0v) is 12.2. The van der Waals surface area contributed by atoms with E-state index in [2.05, 4.69) is 4.90 Å². The van der Waals surface area contributed by atoms with Crippen LogP contribution in [0.3, 0.4) is 0 Å². The summed E-state index contributed by atoms with van der Waals surface area (Å²) in [4.78, 5) is 13.2. The number of hydrogen-bond donors (Lipinski definition) is 1. The number of furan rings is 1. The Morgan fingerprint density at radius 3 is 2.77 bits per heavy atom. The first-order valence-electron chi connectivity index (χ1n) is 7.41. The van der Waals surface area contributed by atoms with Crippen molar-refractivity contribution in [1.29, 1.82) is 0 Å². The van der Waals surface area contributed by atoms with Crippen molar-refractivity contribution in [3.8, 4) is 11.3 Å². The van der Waals surface area contributed by atoms with E-state index in [1.54, 1.807) is 12.1 Å². The van der Waals surface area contributed by atoms with E-state index in [0.717, 1.165) is 30.7 Å². The predicted molar refractivity (Wildman–Crippen MR) is 79.7 cm³/mol. The van der Waals surface area contributed by atoms with Gasteiger partial charge in [0, 0.05) is 12.1 Å². The Morgan fingerprint density at radius 1 is 1.27 bits per heavy atom. The molecule has 0 amide bonds. The highest BCUT2D eigenvalue weighted by Crippen LogP contribution is 2.24. The van der Waals surface area contributed by atoms with Crippen molar-refractivity contribution in [2.24, 2.45) is 5.92 Å². The van der Waals surface area contributed by atoms with E-state index in [1.807, 2.05) is 12.1 Å². The van der Waals surface area contributed by atoms with Crippen LogP contribution in [0.15, 0.2) is 40.8 Å². The van der Waals surface area contributed by atoms with Crippen LogP contribution in [0, 0.1) is 11.7 Å². The first-order valence-corrected chi connectivity index (χ1v) is 7.41. The molecule has 0 spiro atoms. The van der Waals surface area contributed by atoms with Crippen LogP contribution in [-0.4, -0.2) is 29.1 Å². The molecule has 0 saturated carbocycles. The molecule has 1 fully saturated rings. The van der Waals surface area contributed by atoms with Gasteiger partial charge < -0.3 is 9.52 Å². The lowest BCUT2D eigenvalue weighted by atomic mass is 9.98. The molecule has 1 aliphatic heterocycles. The molecule has 1 unspecified atom stereocenters. The number of benzene rings is 1. The van der Waals surface area contributed by atoms with Gasteiger partial charge in [0.15, 0.2) is 0 Å². The van der Waals surface area contributed by atoms with E-state index in [4.69, 9.17) is 9.52 Å². The van der Waals surface area contributed by atoms with Gasteiger partial charge in [0.2, 0.25) is 0 Å². The van der Waals surface area contributed by atoms with Crippen LogP contribution in [0.25, 0.3) is 11.3 Å². The van der Waals surface area contributed by atoms with E-state index in [1.165, 1.54) is 12.1 Å². The number of nitrogens with zero attached hydrogens (tertiary/aromatic N) is 1. The number of carbonyl (C=O) groups is 1. The van der Waals surface area contributed by atoms with Crippen LogP contribution in [0.4, 0.5) is 4.39 Å². The molecule has 0 bridgehead atoms. The van der Waals surface area contributed by atoms with Crippen molar-refractivity contribution >= 4 is 5.97 Å². The highest BCUT2D eigenvalue weighted by molar-refractivity contribution is 5.70. The van der Waals surface area contributed by atoms with E-state index in [9.17, 15) is 9.18 Å². The van der Waals surface area contributed by atoms with Gasteiger partial charge >= 0.3 is 5.97 Å². The second-order valence-electron chi connectivity index (χ2n) is 5.69. The summed E-state index contributed by atoms with van der Waals surface area (Å²) in [7, 11) is 0. The number of hydrogen-bond acceptors (Lipinski definition) is 3. The van der Waals surface area contributed by atoms with Crippen LogP contribution in [-0.2, 0) is 11.3 Å². The Balaban J connectivity index is 1.66. The lowest BCUT2D eigenvalue weighted by Gasteiger charge is -2.29. The van der Waals surface area contributed by atoms with Gasteiger partial charge in [0.1, 0.15) is 17.3 Å². The van der Waals surface area contributed by atoms with Crippen molar-refractivity contribution in [3.63, 3.8) is 0 Å².